The molecule has 0 aliphatic heterocycles. The SMILES string of the molecule is Cl.N[C@@H](c1cc(F)ccc1O)[C@H](O)Cc1ccccc1. The van der Waals surface area contributed by atoms with Gasteiger partial charge in [-0.3, -0.25) is 0 Å². The fourth-order valence-electron chi connectivity index (χ4n) is 1.98. The smallest absolute Gasteiger partial charge is 0.123 e. The second-order valence-electron chi connectivity index (χ2n) is 4.49. The largest absolute Gasteiger partial charge is 0.508 e. The molecule has 2 aromatic rings. The molecule has 3 nitrogen and oxygen atoms in total. The molecule has 2 rings (SSSR count). The maximum absolute atomic E-state index is 13.1. The molecule has 0 unspecified atom stereocenters. The summed E-state index contributed by atoms with van der Waals surface area (Å²) in [6.45, 7) is 0. The van der Waals surface area contributed by atoms with Crippen molar-refractivity contribution in [3.63, 3.8) is 0 Å². The molecular weight excluding hydrogens is 281 g/mol. The number of benzene rings is 2. The minimum absolute atomic E-state index is 0. The van der Waals surface area contributed by atoms with E-state index in [1.165, 1.54) is 6.07 Å². The first kappa shape index (κ1) is 16.4. The Balaban J connectivity index is 0.00000200. The molecule has 2 aromatic carbocycles. The molecule has 0 saturated carbocycles. The average Bonchev–Trinajstić information content (AvgIpc) is 2.42. The fraction of sp³-hybridized carbons (Fsp3) is 0.200. The van der Waals surface area contributed by atoms with Crippen LogP contribution in [0.3, 0.4) is 0 Å². The van der Waals surface area contributed by atoms with Gasteiger partial charge in [0.1, 0.15) is 11.6 Å². The van der Waals surface area contributed by atoms with Gasteiger partial charge in [-0.2, -0.15) is 0 Å². The van der Waals surface area contributed by atoms with Crippen LogP contribution >= 0.6 is 12.4 Å². The van der Waals surface area contributed by atoms with E-state index in [9.17, 15) is 14.6 Å². The summed E-state index contributed by atoms with van der Waals surface area (Å²) in [5.74, 6) is -0.601. The van der Waals surface area contributed by atoms with E-state index in [0.717, 1.165) is 17.7 Å². The van der Waals surface area contributed by atoms with E-state index in [4.69, 9.17) is 5.73 Å². The van der Waals surface area contributed by atoms with Crippen LogP contribution in [0.1, 0.15) is 17.2 Å². The lowest BCUT2D eigenvalue weighted by Crippen LogP contribution is -2.28. The number of aliphatic hydroxyl groups is 1. The lowest BCUT2D eigenvalue weighted by molar-refractivity contribution is 0.143. The van der Waals surface area contributed by atoms with Gasteiger partial charge in [-0.25, -0.2) is 4.39 Å². The molecule has 4 N–H and O–H groups in total. The Morgan fingerprint density at radius 1 is 1.10 bits per heavy atom. The van der Waals surface area contributed by atoms with Crippen molar-refractivity contribution >= 4 is 12.4 Å². The Labute approximate surface area is 123 Å². The van der Waals surface area contributed by atoms with Crippen LogP contribution in [0.4, 0.5) is 4.39 Å². The first-order valence-electron chi connectivity index (χ1n) is 6.04. The Morgan fingerprint density at radius 2 is 1.75 bits per heavy atom. The molecule has 0 aliphatic rings. The van der Waals surface area contributed by atoms with Gasteiger partial charge in [-0.05, 0) is 23.8 Å². The lowest BCUT2D eigenvalue weighted by atomic mass is 9.96. The number of hydrogen-bond acceptors (Lipinski definition) is 3. The van der Waals surface area contributed by atoms with Crippen LogP contribution in [0.5, 0.6) is 5.75 Å². The normalized spacial score (nSPS) is 13.3. The molecule has 0 aromatic heterocycles. The van der Waals surface area contributed by atoms with Crippen LogP contribution in [0.15, 0.2) is 48.5 Å². The van der Waals surface area contributed by atoms with Crippen molar-refractivity contribution < 1.29 is 14.6 Å². The van der Waals surface area contributed by atoms with Crippen molar-refractivity contribution in [2.24, 2.45) is 5.73 Å². The molecule has 0 heterocycles. The van der Waals surface area contributed by atoms with E-state index < -0.39 is 18.0 Å². The van der Waals surface area contributed by atoms with E-state index in [1.54, 1.807) is 0 Å². The quantitative estimate of drug-likeness (QED) is 0.812. The maximum atomic E-state index is 13.1. The Morgan fingerprint density at radius 3 is 2.40 bits per heavy atom. The molecule has 2 atom stereocenters. The highest BCUT2D eigenvalue weighted by atomic mass is 35.5. The van der Waals surface area contributed by atoms with E-state index in [0.29, 0.717) is 6.42 Å². The number of aliphatic hydroxyl groups excluding tert-OH is 1. The molecule has 0 fully saturated rings. The first-order chi connectivity index (χ1) is 9.08. The van der Waals surface area contributed by atoms with Gasteiger partial charge in [-0.15, -0.1) is 12.4 Å². The summed E-state index contributed by atoms with van der Waals surface area (Å²) in [4.78, 5) is 0. The lowest BCUT2D eigenvalue weighted by Gasteiger charge is -2.20. The summed E-state index contributed by atoms with van der Waals surface area (Å²) in [5, 5.41) is 19.7. The highest BCUT2D eigenvalue weighted by Gasteiger charge is 2.20. The number of halogens is 2. The Hall–Kier alpha value is -1.62. The number of aromatic hydroxyl groups is 1. The van der Waals surface area contributed by atoms with E-state index in [2.05, 4.69) is 0 Å². The van der Waals surface area contributed by atoms with Gasteiger partial charge in [0.15, 0.2) is 0 Å². The molecule has 20 heavy (non-hydrogen) atoms. The van der Waals surface area contributed by atoms with Crippen molar-refractivity contribution in [3.8, 4) is 5.75 Å². The molecule has 108 valence electrons. The number of rotatable bonds is 4. The van der Waals surface area contributed by atoms with Gasteiger partial charge in [0, 0.05) is 12.0 Å². The van der Waals surface area contributed by atoms with Crippen molar-refractivity contribution in [1.82, 2.24) is 0 Å². The predicted molar refractivity (Wildman–Crippen MR) is 78.4 cm³/mol. The van der Waals surface area contributed by atoms with Gasteiger partial charge < -0.3 is 15.9 Å². The standard InChI is InChI=1S/C15H16FNO2.ClH/c16-11-6-7-13(18)12(9-11)15(17)14(19)8-10-4-2-1-3-5-10;/h1-7,9,14-15,18-19H,8,17H2;1H/t14-,15+;/m1./s1. The second-order valence-corrected chi connectivity index (χ2v) is 4.49. The number of hydrogen-bond donors (Lipinski definition) is 3. The molecular formula is C15H17ClFNO2. The predicted octanol–water partition coefficient (Wildman–Crippen LogP) is 2.56. The second kappa shape index (κ2) is 7.24. The topological polar surface area (TPSA) is 66.5 Å². The van der Waals surface area contributed by atoms with Gasteiger partial charge in [0.2, 0.25) is 0 Å². The van der Waals surface area contributed by atoms with Crippen LogP contribution in [0, 0.1) is 5.82 Å². The highest BCUT2D eigenvalue weighted by Crippen LogP contribution is 2.26. The van der Waals surface area contributed by atoms with E-state index in [-0.39, 0.29) is 23.7 Å². The molecule has 0 bridgehead atoms. The van der Waals surface area contributed by atoms with Crippen LogP contribution in [-0.4, -0.2) is 16.3 Å². The van der Waals surface area contributed by atoms with Crippen molar-refractivity contribution in [2.45, 2.75) is 18.6 Å². The third-order valence-corrected chi connectivity index (χ3v) is 3.05. The third kappa shape index (κ3) is 3.93. The summed E-state index contributed by atoms with van der Waals surface area (Å²) >= 11 is 0. The molecule has 0 spiro atoms. The Kier molecular flexibility index (Phi) is 5.95. The molecule has 0 radical (unpaired) electrons. The zero-order valence-electron chi connectivity index (χ0n) is 10.7. The summed E-state index contributed by atoms with van der Waals surface area (Å²) in [6.07, 6.45) is -0.548. The van der Waals surface area contributed by atoms with Gasteiger partial charge >= 0.3 is 0 Å². The van der Waals surface area contributed by atoms with Crippen molar-refractivity contribution in [3.05, 3.63) is 65.5 Å². The first-order valence-corrected chi connectivity index (χ1v) is 6.04. The average molecular weight is 298 g/mol. The van der Waals surface area contributed by atoms with E-state index >= 15 is 0 Å². The van der Waals surface area contributed by atoms with Crippen LogP contribution in [0.25, 0.3) is 0 Å². The number of phenols is 1. The van der Waals surface area contributed by atoms with Crippen LogP contribution in [-0.2, 0) is 6.42 Å². The fourth-order valence-corrected chi connectivity index (χ4v) is 1.98. The minimum Gasteiger partial charge on any atom is -0.508 e. The summed E-state index contributed by atoms with van der Waals surface area (Å²) in [7, 11) is 0. The molecule has 0 amide bonds. The van der Waals surface area contributed by atoms with E-state index in [1.807, 2.05) is 30.3 Å². The summed E-state index contributed by atoms with van der Waals surface area (Å²) in [5.41, 5.74) is 7.02. The summed E-state index contributed by atoms with van der Waals surface area (Å²) in [6, 6.07) is 12.1. The zero-order valence-corrected chi connectivity index (χ0v) is 11.6. The van der Waals surface area contributed by atoms with Crippen molar-refractivity contribution in [1.29, 1.82) is 0 Å². The highest BCUT2D eigenvalue weighted by molar-refractivity contribution is 5.85. The zero-order chi connectivity index (χ0) is 13.8. The van der Waals surface area contributed by atoms with Crippen LogP contribution in [0.2, 0.25) is 0 Å². The number of phenolic OH excluding ortho intramolecular Hbond substituents is 1. The van der Waals surface area contributed by atoms with Gasteiger partial charge in [-0.1, -0.05) is 30.3 Å². The van der Waals surface area contributed by atoms with Gasteiger partial charge in [0.05, 0.1) is 12.1 Å². The van der Waals surface area contributed by atoms with Gasteiger partial charge in [0.25, 0.3) is 0 Å². The third-order valence-electron chi connectivity index (χ3n) is 3.05. The minimum atomic E-state index is -0.893. The molecule has 0 aliphatic carbocycles. The van der Waals surface area contributed by atoms with Crippen molar-refractivity contribution in [2.75, 3.05) is 0 Å². The Bertz CT molecular complexity index is 551. The maximum Gasteiger partial charge on any atom is 0.123 e. The molecule has 0 saturated heterocycles. The number of nitrogens with two attached hydrogens (primary N) is 1. The monoisotopic (exact) mass is 297 g/mol. The molecule has 5 heteroatoms. The summed E-state index contributed by atoms with van der Waals surface area (Å²) < 4.78 is 13.1. The van der Waals surface area contributed by atoms with Crippen LogP contribution < -0.4 is 5.73 Å².